The van der Waals surface area contributed by atoms with Crippen LogP contribution in [0.15, 0.2) is 34.8 Å². The van der Waals surface area contributed by atoms with E-state index < -0.39 is 0 Å². The molecule has 0 saturated heterocycles. The Balaban J connectivity index is 2.30. The molecule has 0 aliphatic rings. The normalized spacial score (nSPS) is 12.6. The van der Waals surface area contributed by atoms with Crippen molar-refractivity contribution in [1.82, 2.24) is 5.32 Å². The molecule has 0 saturated carbocycles. The molecule has 0 fully saturated rings. The van der Waals surface area contributed by atoms with Gasteiger partial charge in [0.15, 0.2) is 0 Å². The SMILES string of the molecule is CCCC(NCC)c1ccc(-c2cccc(Br)c2C)s1. The van der Waals surface area contributed by atoms with Crippen LogP contribution in [0.5, 0.6) is 0 Å². The molecule has 3 heteroatoms. The molecule has 1 nitrogen and oxygen atoms in total. The van der Waals surface area contributed by atoms with Gasteiger partial charge in [0.25, 0.3) is 0 Å². The predicted molar refractivity (Wildman–Crippen MR) is 93.5 cm³/mol. The number of halogens is 1. The first-order valence-corrected chi connectivity index (χ1v) is 8.86. The first kappa shape index (κ1) is 15.7. The molecule has 0 aliphatic heterocycles. The Morgan fingerprint density at radius 3 is 2.70 bits per heavy atom. The maximum Gasteiger partial charge on any atom is 0.0414 e. The van der Waals surface area contributed by atoms with Crippen molar-refractivity contribution < 1.29 is 0 Å². The van der Waals surface area contributed by atoms with E-state index in [1.807, 2.05) is 11.3 Å². The summed E-state index contributed by atoms with van der Waals surface area (Å²) >= 11 is 5.53. The molecule has 1 atom stereocenters. The fourth-order valence-electron chi connectivity index (χ4n) is 2.44. The van der Waals surface area contributed by atoms with Crippen LogP contribution in [0.2, 0.25) is 0 Å². The Morgan fingerprint density at radius 2 is 2.00 bits per heavy atom. The van der Waals surface area contributed by atoms with Crippen LogP contribution >= 0.6 is 27.3 Å². The van der Waals surface area contributed by atoms with Gasteiger partial charge in [-0.15, -0.1) is 11.3 Å². The van der Waals surface area contributed by atoms with Gasteiger partial charge in [0.1, 0.15) is 0 Å². The molecule has 0 spiro atoms. The van der Waals surface area contributed by atoms with E-state index in [4.69, 9.17) is 0 Å². The molecule has 1 N–H and O–H groups in total. The Bertz CT molecular complexity index is 556. The minimum atomic E-state index is 0.496. The van der Waals surface area contributed by atoms with Crippen molar-refractivity contribution in [3.8, 4) is 10.4 Å². The molecule has 0 aliphatic carbocycles. The van der Waals surface area contributed by atoms with E-state index in [9.17, 15) is 0 Å². The van der Waals surface area contributed by atoms with Crippen molar-refractivity contribution >= 4 is 27.3 Å². The van der Waals surface area contributed by atoms with Gasteiger partial charge in [-0.3, -0.25) is 0 Å². The summed E-state index contributed by atoms with van der Waals surface area (Å²) in [7, 11) is 0. The smallest absolute Gasteiger partial charge is 0.0414 e. The van der Waals surface area contributed by atoms with E-state index in [1.165, 1.54) is 38.2 Å². The zero-order valence-electron chi connectivity index (χ0n) is 12.4. The van der Waals surface area contributed by atoms with Gasteiger partial charge in [0.2, 0.25) is 0 Å². The molecule has 2 rings (SSSR count). The average Bonchev–Trinajstić information content (AvgIpc) is 2.91. The van der Waals surface area contributed by atoms with Crippen LogP contribution in [0, 0.1) is 6.92 Å². The fourth-order valence-corrected chi connectivity index (χ4v) is 4.01. The molecule has 0 radical (unpaired) electrons. The van der Waals surface area contributed by atoms with Crippen molar-refractivity contribution in [2.45, 2.75) is 39.7 Å². The maximum absolute atomic E-state index is 3.62. The molecule has 1 heterocycles. The summed E-state index contributed by atoms with van der Waals surface area (Å²) in [5.74, 6) is 0. The lowest BCUT2D eigenvalue weighted by Crippen LogP contribution is -2.19. The third-order valence-corrected chi connectivity index (χ3v) is 5.62. The molecular formula is C17H22BrNS. The number of hydrogen-bond acceptors (Lipinski definition) is 2. The van der Waals surface area contributed by atoms with Crippen molar-refractivity contribution in [2.75, 3.05) is 6.54 Å². The molecule has 0 amide bonds. The summed E-state index contributed by atoms with van der Waals surface area (Å²) in [6.07, 6.45) is 2.41. The summed E-state index contributed by atoms with van der Waals surface area (Å²) in [5, 5.41) is 3.59. The monoisotopic (exact) mass is 351 g/mol. The summed E-state index contributed by atoms with van der Waals surface area (Å²) in [4.78, 5) is 2.81. The number of hydrogen-bond donors (Lipinski definition) is 1. The summed E-state index contributed by atoms with van der Waals surface area (Å²) in [6, 6.07) is 11.5. The van der Waals surface area contributed by atoms with E-state index in [0.717, 1.165) is 6.54 Å². The summed E-state index contributed by atoms with van der Waals surface area (Å²) in [5.41, 5.74) is 2.65. The van der Waals surface area contributed by atoms with E-state index in [1.54, 1.807) is 0 Å². The van der Waals surface area contributed by atoms with Gasteiger partial charge in [-0.1, -0.05) is 48.3 Å². The molecule has 0 bridgehead atoms. The van der Waals surface area contributed by atoms with Gasteiger partial charge in [0, 0.05) is 20.3 Å². The van der Waals surface area contributed by atoms with Crippen molar-refractivity contribution in [2.24, 2.45) is 0 Å². The molecule has 1 aromatic carbocycles. The van der Waals surface area contributed by atoms with Gasteiger partial charge in [-0.05, 0) is 49.2 Å². The number of rotatable bonds is 6. The van der Waals surface area contributed by atoms with Crippen LogP contribution < -0.4 is 5.32 Å². The first-order valence-electron chi connectivity index (χ1n) is 7.26. The first-order chi connectivity index (χ1) is 9.67. The Kier molecular flexibility index (Phi) is 5.82. The highest BCUT2D eigenvalue weighted by molar-refractivity contribution is 9.10. The number of benzene rings is 1. The van der Waals surface area contributed by atoms with Crippen LogP contribution in [0.4, 0.5) is 0 Å². The minimum Gasteiger partial charge on any atom is -0.310 e. The van der Waals surface area contributed by atoms with Crippen molar-refractivity contribution in [3.05, 3.63) is 45.2 Å². The maximum atomic E-state index is 3.62. The zero-order chi connectivity index (χ0) is 14.5. The second-order valence-corrected chi connectivity index (χ2v) is 6.98. The van der Waals surface area contributed by atoms with E-state index in [0.29, 0.717) is 6.04 Å². The highest BCUT2D eigenvalue weighted by atomic mass is 79.9. The Labute approximate surface area is 134 Å². The van der Waals surface area contributed by atoms with E-state index >= 15 is 0 Å². The lowest BCUT2D eigenvalue weighted by molar-refractivity contribution is 0.516. The summed E-state index contributed by atoms with van der Waals surface area (Å²) < 4.78 is 1.18. The lowest BCUT2D eigenvalue weighted by atomic mass is 10.1. The molecule has 108 valence electrons. The minimum absolute atomic E-state index is 0.496. The fraction of sp³-hybridized carbons (Fsp3) is 0.412. The van der Waals surface area contributed by atoms with Crippen LogP contribution in [0.25, 0.3) is 10.4 Å². The lowest BCUT2D eigenvalue weighted by Gasteiger charge is -2.15. The molecule has 20 heavy (non-hydrogen) atoms. The van der Waals surface area contributed by atoms with Crippen molar-refractivity contribution in [1.29, 1.82) is 0 Å². The molecule has 2 aromatic rings. The second kappa shape index (κ2) is 7.39. The van der Waals surface area contributed by atoms with E-state index in [2.05, 4.69) is 72.3 Å². The van der Waals surface area contributed by atoms with Crippen LogP contribution in [-0.2, 0) is 0 Å². The van der Waals surface area contributed by atoms with Crippen LogP contribution in [0.1, 0.15) is 43.2 Å². The quantitative estimate of drug-likeness (QED) is 0.679. The van der Waals surface area contributed by atoms with Gasteiger partial charge < -0.3 is 5.32 Å². The van der Waals surface area contributed by atoms with Crippen LogP contribution in [-0.4, -0.2) is 6.54 Å². The highest BCUT2D eigenvalue weighted by Crippen LogP contribution is 2.36. The van der Waals surface area contributed by atoms with Crippen molar-refractivity contribution in [3.63, 3.8) is 0 Å². The Morgan fingerprint density at radius 1 is 1.20 bits per heavy atom. The second-order valence-electron chi connectivity index (χ2n) is 5.01. The van der Waals surface area contributed by atoms with Gasteiger partial charge in [-0.25, -0.2) is 0 Å². The van der Waals surface area contributed by atoms with Gasteiger partial charge >= 0.3 is 0 Å². The zero-order valence-corrected chi connectivity index (χ0v) is 14.8. The number of thiophene rings is 1. The van der Waals surface area contributed by atoms with Gasteiger partial charge in [0.05, 0.1) is 0 Å². The third kappa shape index (κ3) is 3.51. The average molecular weight is 352 g/mol. The topological polar surface area (TPSA) is 12.0 Å². The van der Waals surface area contributed by atoms with Gasteiger partial charge in [-0.2, -0.15) is 0 Å². The molecular weight excluding hydrogens is 330 g/mol. The molecule has 1 unspecified atom stereocenters. The largest absolute Gasteiger partial charge is 0.310 e. The van der Waals surface area contributed by atoms with Crippen LogP contribution in [0.3, 0.4) is 0 Å². The number of nitrogens with one attached hydrogen (secondary N) is 1. The predicted octanol–water partition coefficient (Wildman–Crippen LogP) is 5.94. The summed E-state index contributed by atoms with van der Waals surface area (Å²) in [6.45, 7) is 7.62. The highest BCUT2D eigenvalue weighted by Gasteiger charge is 2.13. The third-order valence-electron chi connectivity index (χ3n) is 3.53. The Hall–Kier alpha value is -0.640. The molecule has 1 aromatic heterocycles. The van der Waals surface area contributed by atoms with E-state index in [-0.39, 0.29) is 0 Å². The standard InChI is InChI=1S/C17H22BrNS/c1-4-7-15(19-5-2)17-11-10-16(20-17)13-8-6-9-14(18)12(13)3/h6,8-11,15,19H,4-5,7H2,1-3H3.